The molecule has 2 rings (SSSR count). The molecule has 0 saturated heterocycles. The number of hydrogen-bond donors (Lipinski definition) is 4. The molecule has 30 heavy (non-hydrogen) atoms. The molecule has 170 valence electrons. The average Bonchev–Trinajstić information content (AvgIpc) is 2.96. The first-order valence-corrected chi connectivity index (χ1v) is 12.1. The van der Waals surface area contributed by atoms with Gasteiger partial charge in [-0.3, -0.25) is 4.79 Å². The quantitative estimate of drug-likeness (QED) is 0.313. The van der Waals surface area contributed by atoms with Crippen molar-refractivity contribution in [2.24, 2.45) is 5.92 Å². The van der Waals surface area contributed by atoms with E-state index in [4.69, 9.17) is 21.4 Å². The largest absolute Gasteiger partial charge is 0.491 e. The van der Waals surface area contributed by atoms with Gasteiger partial charge in [0.1, 0.15) is 12.4 Å². The predicted octanol–water partition coefficient (Wildman–Crippen LogP) is 3.74. The number of benzene rings is 1. The summed E-state index contributed by atoms with van der Waals surface area (Å²) in [7, 11) is 0. The normalized spacial score (nSPS) is 24.7. The van der Waals surface area contributed by atoms with E-state index in [2.05, 4.69) is 0 Å². The van der Waals surface area contributed by atoms with E-state index in [0.717, 1.165) is 32.1 Å². The molecule has 1 aromatic carbocycles. The van der Waals surface area contributed by atoms with Crippen LogP contribution < -0.4 is 4.74 Å². The molecule has 0 radical (unpaired) electrons. The van der Waals surface area contributed by atoms with E-state index in [1.807, 2.05) is 0 Å². The third-order valence-electron chi connectivity index (χ3n) is 5.43. The molecule has 1 fully saturated rings. The van der Waals surface area contributed by atoms with Crippen LogP contribution in [0.2, 0.25) is 5.02 Å². The molecule has 5 unspecified atom stereocenters. The summed E-state index contributed by atoms with van der Waals surface area (Å²) in [4.78, 5) is 10.5. The molecule has 1 aromatic rings. The third-order valence-corrected chi connectivity index (χ3v) is 7.29. The molecule has 4 N–H and O–H groups in total. The zero-order valence-electron chi connectivity index (χ0n) is 17.2. The van der Waals surface area contributed by atoms with Gasteiger partial charge in [-0.1, -0.05) is 43.4 Å². The molecule has 0 aliphatic heterocycles. The van der Waals surface area contributed by atoms with Crippen molar-refractivity contribution in [1.29, 1.82) is 0 Å². The van der Waals surface area contributed by atoms with E-state index >= 15 is 0 Å². The van der Waals surface area contributed by atoms with Crippen molar-refractivity contribution >= 4 is 29.3 Å². The van der Waals surface area contributed by atoms with Crippen LogP contribution in [0.5, 0.6) is 5.75 Å². The minimum atomic E-state index is -0.752. The fourth-order valence-electron chi connectivity index (χ4n) is 3.86. The summed E-state index contributed by atoms with van der Waals surface area (Å²) in [6.45, 7) is 0.139. The lowest BCUT2D eigenvalue weighted by molar-refractivity contribution is -0.137. The summed E-state index contributed by atoms with van der Waals surface area (Å²) in [6.07, 6.45) is 4.15. The number of thioether (sulfide) groups is 1. The summed E-state index contributed by atoms with van der Waals surface area (Å²) < 4.78 is 5.57. The lowest BCUT2D eigenvalue weighted by Gasteiger charge is -2.24. The lowest BCUT2D eigenvalue weighted by atomic mass is 9.97. The Labute approximate surface area is 187 Å². The first kappa shape index (κ1) is 25.3. The molecule has 0 bridgehead atoms. The van der Waals surface area contributed by atoms with Gasteiger partial charge in [-0.2, -0.15) is 11.8 Å². The van der Waals surface area contributed by atoms with Crippen molar-refractivity contribution in [2.75, 3.05) is 12.4 Å². The maximum Gasteiger partial charge on any atom is 0.303 e. The highest BCUT2D eigenvalue weighted by Gasteiger charge is 2.41. The number of ether oxygens (including phenoxy) is 1. The van der Waals surface area contributed by atoms with E-state index in [1.165, 1.54) is 11.8 Å². The van der Waals surface area contributed by atoms with Gasteiger partial charge in [0.25, 0.3) is 0 Å². The highest BCUT2D eigenvalue weighted by molar-refractivity contribution is 8.00. The van der Waals surface area contributed by atoms with Crippen molar-refractivity contribution in [2.45, 2.75) is 74.9 Å². The van der Waals surface area contributed by atoms with Crippen LogP contribution in [0.3, 0.4) is 0 Å². The zero-order valence-corrected chi connectivity index (χ0v) is 18.7. The predicted molar refractivity (Wildman–Crippen MR) is 119 cm³/mol. The van der Waals surface area contributed by atoms with Crippen LogP contribution in [0.4, 0.5) is 0 Å². The Balaban J connectivity index is 1.68. The molecule has 0 heterocycles. The molecular formula is C22H33ClO6S. The topological polar surface area (TPSA) is 107 Å². The van der Waals surface area contributed by atoms with Gasteiger partial charge < -0.3 is 25.2 Å². The SMILES string of the molecule is O=C(O)CCCCCCCC1C(O)CC(O)C1SCC(O)COc1cccc(Cl)c1. The fourth-order valence-corrected chi connectivity index (χ4v) is 5.48. The molecule has 0 amide bonds. The minimum absolute atomic E-state index is 0.00469. The maximum atomic E-state index is 10.5. The van der Waals surface area contributed by atoms with Crippen molar-refractivity contribution < 1.29 is 30.0 Å². The molecule has 6 nitrogen and oxygen atoms in total. The third kappa shape index (κ3) is 9.02. The molecular weight excluding hydrogens is 428 g/mol. The maximum absolute atomic E-state index is 10.5. The first-order valence-electron chi connectivity index (χ1n) is 10.6. The second kappa shape index (κ2) is 13.4. The second-order valence-corrected chi connectivity index (χ2v) is 9.60. The number of aliphatic hydroxyl groups excluding tert-OH is 3. The molecule has 0 spiro atoms. The van der Waals surface area contributed by atoms with Crippen molar-refractivity contribution in [1.82, 2.24) is 0 Å². The second-order valence-electron chi connectivity index (χ2n) is 7.95. The number of carbonyl (C=O) groups is 1. The number of halogens is 1. The van der Waals surface area contributed by atoms with Gasteiger partial charge in [-0.15, -0.1) is 0 Å². The van der Waals surface area contributed by atoms with Crippen molar-refractivity contribution in [3.63, 3.8) is 0 Å². The number of rotatable bonds is 14. The number of unbranched alkanes of at least 4 members (excludes halogenated alkanes) is 4. The molecule has 5 atom stereocenters. The van der Waals surface area contributed by atoms with Crippen LogP contribution in [0.25, 0.3) is 0 Å². The number of carboxylic acids is 1. The highest BCUT2D eigenvalue weighted by atomic mass is 35.5. The van der Waals surface area contributed by atoms with Gasteiger partial charge in [-0.25, -0.2) is 0 Å². The minimum Gasteiger partial charge on any atom is -0.491 e. The lowest BCUT2D eigenvalue weighted by Crippen LogP contribution is -2.28. The van der Waals surface area contributed by atoms with Crippen LogP contribution in [0.1, 0.15) is 51.4 Å². The zero-order chi connectivity index (χ0) is 21.9. The Morgan fingerprint density at radius 3 is 2.63 bits per heavy atom. The Hall–Kier alpha value is -0.990. The number of hydrogen-bond acceptors (Lipinski definition) is 6. The summed E-state index contributed by atoms with van der Waals surface area (Å²) in [6, 6.07) is 7.01. The van der Waals surface area contributed by atoms with Crippen LogP contribution >= 0.6 is 23.4 Å². The number of aliphatic carboxylic acids is 1. The van der Waals surface area contributed by atoms with Crippen molar-refractivity contribution in [3.8, 4) is 5.75 Å². The first-order chi connectivity index (χ1) is 14.4. The summed E-state index contributed by atoms with van der Waals surface area (Å²) in [5.74, 6) is 0.271. The monoisotopic (exact) mass is 460 g/mol. The molecule has 1 aliphatic carbocycles. The summed E-state index contributed by atoms with van der Waals surface area (Å²) >= 11 is 7.42. The Morgan fingerprint density at radius 2 is 1.90 bits per heavy atom. The Bertz CT molecular complexity index is 646. The molecule has 8 heteroatoms. The summed E-state index contributed by atoms with van der Waals surface area (Å²) in [5, 5.41) is 40.0. The van der Waals surface area contributed by atoms with E-state index in [1.54, 1.807) is 24.3 Å². The van der Waals surface area contributed by atoms with Crippen LogP contribution in [-0.4, -0.2) is 62.3 Å². The van der Waals surface area contributed by atoms with E-state index < -0.39 is 24.3 Å². The highest BCUT2D eigenvalue weighted by Crippen LogP contribution is 2.39. The van der Waals surface area contributed by atoms with Gasteiger partial charge in [0.2, 0.25) is 0 Å². The molecule has 1 saturated carbocycles. The fraction of sp³-hybridized carbons (Fsp3) is 0.682. The van der Waals surface area contributed by atoms with E-state index in [0.29, 0.717) is 29.4 Å². The average molecular weight is 461 g/mol. The van der Waals surface area contributed by atoms with Crippen LogP contribution in [0.15, 0.2) is 24.3 Å². The van der Waals surface area contributed by atoms with E-state index in [-0.39, 0.29) is 24.2 Å². The number of carboxylic acid groups (broad SMARTS) is 1. The van der Waals surface area contributed by atoms with Gasteiger partial charge in [0.05, 0.1) is 18.3 Å². The molecule has 0 aromatic heterocycles. The summed E-state index contributed by atoms with van der Waals surface area (Å²) in [5.41, 5.74) is 0. The van der Waals surface area contributed by atoms with Gasteiger partial charge in [-0.05, 0) is 37.0 Å². The molecule has 1 aliphatic rings. The Kier molecular flexibility index (Phi) is 11.3. The van der Waals surface area contributed by atoms with Gasteiger partial charge in [0, 0.05) is 28.9 Å². The van der Waals surface area contributed by atoms with Crippen LogP contribution in [-0.2, 0) is 4.79 Å². The van der Waals surface area contributed by atoms with Gasteiger partial charge >= 0.3 is 5.97 Å². The Morgan fingerprint density at radius 1 is 1.17 bits per heavy atom. The standard InChI is InChI=1S/C22H33ClO6S/c23-15-7-6-8-17(11-15)29-13-16(24)14-30-22-18(19(25)12-20(22)26)9-4-2-1-3-5-10-21(27)28/h6-8,11,16,18-20,22,24-26H,1-5,9-10,12-14H2,(H,27,28). The van der Waals surface area contributed by atoms with Crippen molar-refractivity contribution in [3.05, 3.63) is 29.3 Å². The van der Waals surface area contributed by atoms with Crippen LogP contribution in [0, 0.1) is 5.92 Å². The van der Waals surface area contributed by atoms with E-state index in [9.17, 15) is 20.1 Å². The number of aliphatic hydroxyl groups is 3. The smallest absolute Gasteiger partial charge is 0.303 e. The van der Waals surface area contributed by atoms with Gasteiger partial charge in [0.15, 0.2) is 0 Å².